The summed E-state index contributed by atoms with van der Waals surface area (Å²) in [5.74, 6) is -0.302. The Morgan fingerprint density at radius 1 is 1.58 bits per heavy atom. The molecule has 1 atom stereocenters. The predicted octanol–water partition coefficient (Wildman–Crippen LogP) is 3.23. The average molecular weight is 347 g/mol. The van der Waals surface area contributed by atoms with E-state index >= 15 is 0 Å². The fourth-order valence-corrected chi connectivity index (χ4v) is 2.18. The maximum absolute atomic E-state index is 11.9. The van der Waals surface area contributed by atoms with Gasteiger partial charge in [-0.15, -0.1) is 0 Å². The third-order valence-corrected chi connectivity index (χ3v) is 4.38. The molecule has 5 nitrogen and oxygen atoms in total. The molecule has 19 heavy (non-hydrogen) atoms. The molecule has 0 radical (unpaired) electrons. The first kappa shape index (κ1) is 16.0. The number of nitro groups is 1. The van der Waals surface area contributed by atoms with Gasteiger partial charge in [0.15, 0.2) is 0 Å². The van der Waals surface area contributed by atoms with Crippen molar-refractivity contribution in [3.05, 3.63) is 38.3 Å². The monoisotopic (exact) mass is 346 g/mol. The summed E-state index contributed by atoms with van der Waals surface area (Å²) in [4.78, 5) is 22.1. The van der Waals surface area contributed by atoms with E-state index in [0.717, 1.165) is 6.42 Å². The quantitative estimate of drug-likeness (QED) is 0.633. The first-order valence-corrected chi connectivity index (χ1v) is 7.78. The summed E-state index contributed by atoms with van der Waals surface area (Å²) in [6.07, 6.45) is 2.88. The normalized spacial score (nSPS) is 11.9. The van der Waals surface area contributed by atoms with Crippen LogP contribution in [0.15, 0.2) is 22.7 Å². The van der Waals surface area contributed by atoms with E-state index in [9.17, 15) is 14.9 Å². The largest absolute Gasteiger partial charge is 0.352 e. The second kappa shape index (κ2) is 7.49. The van der Waals surface area contributed by atoms with Gasteiger partial charge >= 0.3 is 0 Å². The number of carbonyl (C=O) groups excluding carboxylic acids is 1. The van der Waals surface area contributed by atoms with Gasteiger partial charge in [-0.3, -0.25) is 14.9 Å². The molecule has 0 heterocycles. The Labute approximate surface area is 124 Å². The molecule has 0 aliphatic rings. The molecule has 104 valence electrons. The Bertz CT molecular complexity index is 482. The number of nitrogens with one attached hydrogen (secondary N) is 1. The molecule has 1 amide bonds. The number of amides is 1. The number of nitro benzene ring substituents is 1. The molecule has 0 saturated carbocycles. The van der Waals surface area contributed by atoms with Crippen molar-refractivity contribution in [3.63, 3.8) is 0 Å². The van der Waals surface area contributed by atoms with Gasteiger partial charge in [0.1, 0.15) is 0 Å². The maximum Gasteiger partial charge on any atom is 0.270 e. The van der Waals surface area contributed by atoms with Gasteiger partial charge < -0.3 is 5.32 Å². The Balaban J connectivity index is 2.71. The van der Waals surface area contributed by atoms with Crippen LogP contribution in [0.5, 0.6) is 0 Å². The molecule has 1 aromatic rings. The number of carbonyl (C=O) groups is 1. The number of halogens is 1. The fourth-order valence-electron chi connectivity index (χ4n) is 1.40. The summed E-state index contributed by atoms with van der Waals surface area (Å²) >= 11 is 4.96. The smallest absolute Gasteiger partial charge is 0.270 e. The van der Waals surface area contributed by atoms with E-state index < -0.39 is 4.92 Å². The van der Waals surface area contributed by atoms with Crippen molar-refractivity contribution in [2.75, 3.05) is 12.8 Å². The van der Waals surface area contributed by atoms with Gasteiger partial charge in [-0.05, 0) is 34.7 Å². The molecule has 1 unspecified atom stereocenters. The summed E-state index contributed by atoms with van der Waals surface area (Å²) in [5, 5.41) is 13.9. The Kier molecular flexibility index (Phi) is 6.30. The third kappa shape index (κ3) is 4.83. The number of thioether (sulfide) groups is 1. The Morgan fingerprint density at radius 2 is 2.26 bits per heavy atom. The van der Waals surface area contributed by atoms with Crippen LogP contribution in [0, 0.1) is 10.1 Å². The highest BCUT2D eigenvalue weighted by molar-refractivity contribution is 9.10. The van der Waals surface area contributed by atoms with Gasteiger partial charge in [0.05, 0.1) is 10.5 Å². The molecular weight excluding hydrogens is 332 g/mol. The highest BCUT2D eigenvalue weighted by Crippen LogP contribution is 2.22. The van der Waals surface area contributed by atoms with E-state index in [4.69, 9.17) is 0 Å². The van der Waals surface area contributed by atoms with Crippen LogP contribution >= 0.6 is 27.7 Å². The van der Waals surface area contributed by atoms with Crippen molar-refractivity contribution in [2.45, 2.75) is 18.6 Å². The van der Waals surface area contributed by atoms with Gasteiger partial charge in [-0.25, -0.2) is 0 Å². The molecule has 1 rings (SSSR count). The molecule has 0 spiro atoms. The molecule has 0 saturated heterocycles. The van der Waals surface area contributed by atoms with E-state index in [1.807, 2.05) is 6.26 Å². The van der Waals surface area contributed by atoms with Crippen molar-refractivity contribution in [1.29, 1.82) is 0 Å². The SMILES string of the molecule is CSC(C)CCNC(=O)c1cc([N+](=O)[O-])ccc1Br. The lowest BCUT2D eigenvalue weighted by atomic mass is 10.2. The first-order chi connectivity index (χ1) is 8.95. The minimum Gasteiger partial charge on any atom is -0.352 e. The molecular formula is C12H15BrN2O3S. The third-order valence-electron chi connectivity index (χ3n) is 2.64. The van der Waals surface area contributed by atoms with Crippen LogP contribution in [0.3, 0.4) is 0 Å². The van der Waals surface area contributed by atoms with E-state index in [1.54, 1.807) is 11.8 Å². The molecule has 7 heteroatoms. The highest BCUT2D eigenvalue weighted by Gasteiger charge is 2.15. The predicted molar refractivity (Wildman–Crippen MR) is 80.7 cm³/mol. The number of hydrogen-bond acceptors (Lipinski definition) is 4. The molecule has 0 fully saturated rings. The van der Waals surface area contributed by atoms with Crippen molar-refractivity contribution >= 4 is 39.3 Å². The number of hydrogen-bond donors (Lipinski definition) is 1. The molecule has 0 aliphatic heterocycles. The van der Waals surface area contributed by atoms with Gasteiger partial charge in [0.25, 0.3) is 11.6 Å². The molecule has 1 aromatic carbocycles. The highest BCUT2D eigenvalue weighted by atomic mass is 79.9. The minimum absolute atomic E-state index is 0.0918. The van der Waals surface area contributed by atoms with E-state index in [2.05, 4.69) is 28.2 Å². The molecule has 0 aromatic heterocycles. The topological polar surface area (TPSA) is 72.2 Å². The standard InChI is InChI=1S/C12H15BrN2O3S/c1-8(19-2)5-6-14-12(16)10-7-9(15(17)18)3-4-11(10)13/h3-4,7-8H,5-6H2,1-2H3,(H,14,16). The van der Waals surface area contributed by atoms with Gasteiger partial charge in [0, 0.05) is 28.4 Å². The van der Waals surface area contributed by atoms with E-state index in [-0.39, 0.29) is 17.2 Å². The Hall–Kier alpha value is -1.08. The van der Waals surface area contributed by atoms with Crippen molar-refractivity contribution < 1.29 is 9.72 Å². The zero-order chi connectivity index (χ0) is 14.4. The van der Waals surface area contributed by atoms with Crippen LogP contribution in [0.25, 0.3) is 0 Å². The van der Waals surface area contributed by atoms with Crippen molar-refractivity contribution in [2.24, 2.45) is 0 Å². The first-order valence-electron chi connectivity index (χ1n) is 5.70. The van der Waals surface area contributed by atoms with Crippen LogP contribution in [0.2, 0.25) is 0 Å². The maximum atomic E-state index is 11.9. The van der Waals surface area contributed by atoms with Crippen molar-refractivity contribution in [1.82, 2.24) is 5.32 Å². The van der Waals surface area contributed by atoms with Crippen LogP contribution in [-0.2, 0) is 0 Å². The van der Waals surface area contributed by atoms with E-state index in [1.165, 1.54) is 18.2 Å². The van der Waals surface area contributed by atoms with Gasteiger partial charge in [-0.1, -0.05) is 6.92 Å². The van der Waals surface area contributed by atoms with E-state index in [0.29, 0.717) is 16.3 Å². The summed E-state index contributed by atoms with van der Waals surface area (Å²) in [6.45, 7) is 2.63. The second-order valence-electron chi connectivity index (χ2n) is 4.01. The second-order valence-corrected chi connectivity index (χ2v) is 6.14. The summed E-state index contributed by atoms with van der Waals surface area (Å²) in [7, 11) is 0. The molecule has 0 aliphatic carbocycles. The average Bonchev–Trinajstić information content (AvgIpc) is 2.38. The molecule has 0 bridgehead atoms. The van der Waals surface area contributed by atoms with Crippen LogP contribution in [0.4, 0.5) is 5.69 Å². The summed E-state index contributed by atoms with van der Waals surface area (Å²) in [5.41, 5.74) is 0.192. The number of benzene rings is 1. The lowest BCUT2D eigenvalue weighted by Gasteiger charge is -2.10. The zero-order valence-electron chi connectivity index (χ0n) is 10.7. The van der Waals surface area contributed by atoms with Crippen LogP contribution < -0.4 is 5.32 Å². The Morgan fingerprint density at radius 3 is 2.84 bits per heavy atom. The molecule has 1 N–H and O–H groups in total. The van der Waals surface area contributed by atoms with Crippen LogP contribution in [-0.4, -0.2) is 28.9 Å². The zero-order valence-corrected chi connectivity index (χ0v) is 13.1. The van der Waals surface area contributed by atoms with Gasteiger partial charge in [-0.2, -0.15) is 11.8 Å². The summed E-state index contributed by atoms with van der Waals surface area (Å²) < 4.78 is 0.550. The number of non-ortho nitro benzene ring substituents is 1. The number of nitrogens with zero attached hydrogens (tertiary/aromatic N) is 1. The summed E-state index contributed by atoms with van der Waals surface area (Å²) in [6, 6.07) is 4.14. The lowest BCUT2D eigenvalue weighted by Crippen LogP contribution is -2.26. The van der Waals surface area contributed by atoms with Crippen LogP contribution in [0.1, 0.15) is 23.7 Å². The fraction of sp³-hybridized carbons (Fsp3) is 0.417. The van der Waals surface area contributed by atoms with Gasteiger partial charge in [0.2, 0.25) is 0 Å². The number of rotatable bonds is 6. The van der Waals surface area contributed by atoms with Crippen molar-refractivity contribution in [3.8, 4) is 0 Å². The minimum atomic E-state index is -0.515. The lowest BCUT2D eigenvalue weighted by molar-refractivity contribution is -0.384.